The summed E-state index contributed by atoms with van der Waals surface area (Å²) in [6, 6.07) is 1.59. The van der Waals surface area contributed by atoms with Crippen molar-refractivity contribution < 1.29 is 33.7 Å². The van der Waals surface area contributed by atoms with Gasteiger partial charge in [-0.25, -0.2) is 0 Å². The van der Waals surface area contributed by atoms with E-state index in [1.807, 2.05) is 19.6 Å². The van der Waals surface area contributed by atoms with Crippen molar-refractivity contribution in [3.63, 3.8) is 0 Å². The molecule has 152 valence electrons. The number of rotatable bonds is 5. The maximum absolute atomic E-state index is 12.7. The minimum atomic E-state index is -2.04. The molecule has 1 aromatic heterocycles. The third-order valence-corrected chi connectivity index (χ3v) is 6.86. The van der Waals surface area contributed by atoms with Gasteiger partial charge in [-0.15, -0.1) is 0 Å². The van der Waals surface area contributed by atoms with Crippen molar-refractivity contribution >= 4 is 25.4 Å². The zero-order valence-corrected chi connectivity index (χ0v) is 17.8. The van der Waals surface area contributed by atoms with Crippen LogP contribution in [0.4, 0.5) is 0 Å². The van der Waals surface area contributed by atoms with Crippen LogP contribution in [0.25, 0.3) is 0 Å². The van der Waals surface area contributed by atoms with Crippen LogP contribution in [-0.4, -0.2) is 49.0 Å². The standard InChI is InChI=1S/C19H30O7Si/c1-7-24-17(22)14-10-11(2)15(26-12(3)20)16(21)19(14,23)13-8-9-25-18(13)27(4,5)6/h8-9,11,14-16,21,23H,7,10H2,1-6H3/t11-,14-,15+,16-,19+/m0/s1. The molecule has 0 spiro atoms. The lowest BCUT2D eigenvalue weighted by molar-refractivity contribution is -0.221. The third-order valence-electron chi connectivity index (χ3n) is 5.11. The third kappa shape index (κ3) is 3.97. The van der Waals surface area contributed by atoms with Gasteiger partial charge in [0.25, 0.3) is 0 Å². The van der Waals surface area contributed by atoms with Crippen LogP contribution in [0.1, 0.15) is 32.8 Å². The molecule has 0 aromatic carbocycles. The van der Waals surface area contributed by atoms with Crippen molar-refractivity contribution in [2.24, 2.45) is 11.8 Å². The molecular formula is C19H30O7Si. The molecule has 27 heavy (non-hydrogen) atoms. The van der Waals surface area contributed by atoms with Crippen LogP contribution in [0.3, 0.4) is 0 Å². The Bertz CT molecular complexity index is 692. The molecule has 0 radical (unpaired) electrons. The molecule has 1 fully saturated rings. The zero-order chi connectivity index (χ0) is 20.6. The number of carbonyl (C=O) groups excluding carboxylic acids is 2. The molecule has 0 bridgehead atoms. The molecule has 1 aliphatic rings. The molecule has 0 aliphatic heterocycles. The van der Waals surface area contributed by atoms with Crippen LogP contribution in [0.5, 0.6) is 0 Å². The number of ether oxygens (including phenoxy) is 2. The summed E-state index contributed by atoms with van der Waals surface area (Å²) in [5.74, 6) is -2.47. The van der Waals surface area contributed by atoms with Crippen molar-refractivity contribution in [2.45, 2.75) is 64.6 Å². The molecular weight excluding hydrogens is 368 g/mol. The summed E-state index contributed by atoms with van der Waals surface area (Å²) in [5.41, 5.74) is -1.60. The zero-order valence-electron chi connectivity index (χ0n) is 16.8. The molecule has 2 rings (SSSR count). The Morgan fingerprint density at radius 2 is 2.00 bits per heavy atom. The number of carbonyl (C=O) groups is 2. The number of furan rings is 1. The Morgan fingerprint density at radius 1 is 1.37 bits per heavy atom. The fraction of sp³-hybridized carbons (Fsp3) is 0.684. The lowest BCUT2D eigenvalue weighted by atomic mass is 9.65. The minimum Gasteiger partial charge on any atom is -0.474 e. The van der Waals surface area contributed by atoms with Gasteiger partial charge in [-0.1, -0.05) is 26.6 Å². The van der Waals surface area contributed by atoms with E-state index in [1.54, 1.807) is 19.9 Å². The van der Waals surface area contributed by atoms with Crippen molar-refractivity contribution in [2.75, 3.05) is 6.61 Å². The second kappa shape index (κ2) is 7.77. The molecule has 1 heterocycles. The smallest absolute Gasteiger partial charge is 0.312 e. The number of aliphatic hydroxyl groups excluding tert-OH is 1. The number of aliphatic hydroxyl groups is 2. The normalized spacial score (nSPS) is 31.4. The molecule has 0 unspecified atom stereocenters. The molecule has 0 amide bonds. The summed E-state index contributed by atoms with van der Waals surface area (Å²) in [4.78, 5) is 24.2. The highest BCUT2D eigenvalue weighted by atomic mass is 28.3. The van der Waals surface area contributed by atoms with Gasteiger partial charge in [-0.3, -0.25) is 9.59 Å². The predicted molar refractivity (Wildman–Crippen MR) is 101 cm³/mol. The summed E-state index contributed by atoms with van der Waals surface area (Å²) in [6.07, 6.45) is -0.773. The van der Waals surface area contributed by atoms with Gasteiger partial charge >= 0.3 is 11.9 Å². The van der Waals surface area contributed by atoms with Crippen LogP contribution in [0, 0.1) is 11.8 Å². The van der Waals surface area contributed by atoms with Gasteiger partial charge in [0, 0.05) is 12.5 Å². The van der Waals surface area contributed by atoms with Crippen LogP contribution in [0.2, 0.25) is 19.6 Å². The summed E-state index contributed by atoms with van der Waals surface area (Å²) in [6.45, 7) is 11.0. The van der Waals surface area contributed by atoms with Gasteiger partial charge in [-0.05, 0) is 25.3 Å². The van der Waals surface area contributed by atoms with Gasteiger partial charge in [0.2, 0.25) is 0 Å². The second-order valence-electron chi connectivity index (χ2n) is 8.28. The van der Waals surface area contributed by atoms with Crippen molar-refractivity contribution in [3.05, 3.63) is 17.9 Å². The van der Waals surface area contributed by atoms with E-state index in [-0.39, 0.29) is 18.9 Å². The Hall–Kier alpha value is -1.64. The molecule has 0 saturated heterocycles. The number of esters is 2. The van der Waals surface area contributed by atoms with Crippen molar-refractivity contribution in [3.8, 4) is 0 Å². The summed E-state index contributed by atoms with van der Waals surface area (Å²) < 4.78 is 16.1. The van der Waals surface area contributed by atoms with E-state index < -0.39 is 43.7 Å². The summed E-state index contributed by atoms with van der Waals surface area (Å²) in [7, 11) is -2.04. The molecule has 2 N–H and O–H groups in total. The van der Waals surface area contributed by atoms with Crippen LogP contribution in [-0.2, 0) is 24.7 Å². The van der Waals surface area contributed by atoms with Crippen LogP contribution in [0.15, 0.2) is 16.7 Å². The Morgan fingerprint density at radius 3 is 2.52 bits per heavy atom. The average molecular weight is 399 g/mol. The molecule has 7 nitrogen and oxygen atoms in total. The average Bonchev–Trinajstić information content (AvgIpc) is 3.05. The first-order valence-corrected chi connectivity index (χ1v) is 12.8. The number of hydrogen-bond donors (Lipinski definition) is 2. The number of hydrogen-bond acceptors (Lipinski definition) is 7. The van der Waals surface area contributed by atoms with Gasteiger partial charge in [0.1, 0.15) is 25.9 Å². The molecule has 1 saturated carbocycles. The minimum absolute atomic E-state index is 0.162. The predicted octanol–water partition coefficient (Wildman–Crippen LogP) is 1.52. The van der Waals surface area contributed by atoms with E-state index in [1.165, 1.54) is 13.2 Å². The van der Waals surface area contributed by atoms with E-state index in [2.05, 4.69) is 0 Å². The van der Waals surface area contributed by atoms with Crippen LogP contribution < -0.4 is 5.38 Å². The Balaban J connectivity index is 2.61. The van der Waals surface area contributed by atoms with Crippen molar-refractivity contribution in [1.29, 1.82) is 0 Å². The highest BCUT2D eigenvalue weighted by Crippen LogP contribution is 2.46. The fourth-order valence-electron chi connectivity index (χ4n) is 3.90. The van der Waals surface area contributed by atoms with Crippen LogP contribution >= 0.6 is 0 Å². The van der Waals surface area contributed by atoms with E-state index in [4.69, 9.17) is 13.9 Å². The fourth-order valence-corrected chi connectivity index (χ4v) is 5.41. The summed E-state index contributed by atoms with van der Waals surface area (Å²) in [5, 5.41) is 23.4. The topological polar surface area (TPSA) is 106 Å². The second-order valence-corrected chi connectivity index (χ2v) is 13.2. The quantitative estimate of drug-likeness (QED) is 0.572. The largest absolute Gasteiger partial charge is 0.474 e. The SMILES string of the molecule is CCOC(=O)[C@@H]1C[C@H](C)[C@@H](OC(C)=O)[C@H](O)[C@@]1(O)c1ccoc1[Si](C)(C)C. The molecule has 1 aliphatic carbocycles. The lowest BCUT2D eigenvalue weighted by Crippen LogP contribution is -2.63. The first-order valence-electron chi connectivity index (χ1n) is 9.27. The Labute approximate surface area is 160 Å². The highest BCUT2D eigenvalue weighted by molar-refractivity contribution is 6.88. The molecule has 1 aromatic rings. The highest BCUT2D eigenvalue weighted by Gasteiger charge is 2.59. The lowest BCUT2D eigenvalue weighted by Gasteiger charge is -2.48. The van der Waals surface area contributed by atoms with Gasteiger partial charge < -0.3 is 24.1 Å². The summed E-state index contributed by atoms with van der Waals surface area (Å²) >= 11 is 0. The molecule has 8 heteroatoms. The first kappa shape index (κ1) is 21.7. The van der Waals surface area contributed by atoms with Gasteiger partial charge in [-0.2, -0.15) is 0 Å². The first-order chi connectivity index (χ1) is 12.4. The maximum Gasteiger partial charge on any atom is 0.312 e. The van der Waals surface area contributed by atoms with E-state index in [0.29, 0.717) is 10.9 Å². The van der Waals surface area contributed by atoms with Crippen molar-refractivity contribution in [1.82, 2.24) is 0 Å². The van der Waals surface area contributed by atoms with E-state index >= 15 is 0 Å². The maximum atomic E-state index is 12.7. The van der Waals surface area contributed by atoms with E-state index in [0.717, 1.165) is 0 Å². The monoisotopic (exact) mass is 398 g/mol. The van der Waals surface area contributed by atoms with E-state index in [9.17, 15) is 19.8 Å². The Kier molecular flexibility index (Phi) is 6.23. The molecule has 5 atom stereocenters. The van der Waals surface area contributed by atoms with Gasteiger partial charge in [0.05, 0.1) is 24.2 Å². The van der Waals surface area contributed by atoms with Gasteiger partial charge in [0.15, 0.2) is 0 Å².